The second-order valence-corrected chi connectivity index (χ2v) is 7.79. The highest BCUT2D eigenvalue weighted by Crippen LogP contribution is 2.49. The molecular weight excluding hydrogens is 372 g/mol. The maximum Gasteiger partial charge on any atom is 0.271 e. The van der Waals surface area contributed by atoms with E-state index in [1.165, 1.54) is 18.2 Å². The van der Waals surface area contributed by atoms with Crippen LogP contribution in [0.5, 0.6) is 0 Å². The lowest BCUT2D eigenvalue weighted by atomic mass is 9.89. The molecule has 2 aromatic rings. The van der Waals surface area contributed by atoms with E-state index in [1.54, 1.807) is 6.07 Å². The third-order valence-corrected chi connectivity index (χ3v) is 6.12. The molecule has 3 aliphatic rings. The Morgan fingerprint density at radius 2 is 1.66 bits per heavy atom. The van der Waals surface area contributed by atoms with E-state index in [0.29, 0.717) is 0 Å². The molecule has 3 fully saturated rings. The predicted octanol–water partition coefficient (Wildman–Crippen LogP) is 2.44. The minimum Gasteiger partial charge on any atom is -0.274 e. The van der Waals surface area contributed by atoms with Gasteiger partial charge in [-0.15, -0.1) is 0 Å². The van der Waals surface area contributed by atoms with Crippen molar-refractivity contribution in [3.8, 4) is 0 Å². The van der Waals surface area contributed by atoms with Crippen LogP contribution in [0.1, 0.15) is 23.6 Å². The molecule has 0 unspecified atom stereocenters. The number of carbonyl (C=O) groups is 2. The summed E-state index contributed by atoms with van der Waals surface area (Å²) in [6.45, 7) is 3.55. The SMILES string of the molecule is Cc1ccc([C@H]2[C@H]3C(=O)N(c4cccc([N+](=O)[O-])c4)C(=O)[C@H]3N3CCCN23)cc1. The zero-order valence-corrected chi connectivity index (χ0v) is 15.9. The van der Waals surface area contributed by atoms with Crippen molar-refractivity contribution in [2.75, 3.05) is 18.0 Å². The molecule has 3 heterocycles. The Kier molecular flexibility index (Phi) is 4.01. The third kappa shape index (κ3) is 2.60. The van der Waals surface area contributed by atoms with Crippen molar-refractivity contribution in [3.05, 3.63) is 69.8 Å². The van der Waals surface area contributed by atoms with Crippen molar-refractivity contribution in [1.82, 2.24) is 10.0 Å². The largest absolute Gasteiger partial charge is 0.274 e. The molecule has 8 heteroatoms. The van der Waals surface area contributed by atoms with Crippen LogP contribution in [0.4, 0.5) is 11.4 Å². The fraction of sp³-hybridized carbons (Fsp3) is 0.333. The second kappa shape index (κ2) is 6.47. The molecular formula is C21H20N4O4. The smallest absolute Gasteiger partial charge is 0.271 e. The molecule has 2 amide bonds. The first-order valence-electron chi connectivity index (χ1n) is 9.69. The molecule has 0 bridgehead atoms. The van der Waals surface area contributed by atoms with Crippen molar-refractivity contribution < 1.29 is 14.5 Å². The molecule has 0 N–H and O–H groups in total. The number of imide groups is 1. The van der Waals surface area contributed by atoms with Gasteiger partial charge in [0.2, 0.25) is 5.91 Å². The van der Waals surface area contributed by atoms with Crippen molar-refractivity contribution in [3.63, 3.8) is 0 Å². The Morgan fingerprint density at radius 3 is 2.34 bits per heavy atom. The number of hydrogen-bond donors (Lipinski definition) is 0. The number of non-ortho nitro benzene ring substituents is 1. The molecule has 5 rings (SSSR count). The van der Waals surface area contributed by atoms with Crippen molar-refractivity contribution in [1.29, 1.82) is 0 Å². The van der Waals surface area contributed by atoms with E-state index < -0.39 is 16.9 Å². The molecule has 0 spiro atoms. The summed E-state index contributed by atoms with van der Waals surface area (Å²) in [4.78, 5) is 38.5. The van der Waals surface area contributed by atoms with Crippen LogP contribution in [0.3, 0.4) is 0 Å². The summed E-state index contributed by atoms with van der Waals surface area (Å²) in [5, 5.41) is 15.3. The summed E-state index contributed by atoms with van der Waals surface area (Å²) in [5.74, 6) is -1.12. The molecule has 0 aromatic heterocycles. The standard InChI is InChI=1S/C21H20N4O4/c1-13-6-8-14(9-7-13)18-17-19(23-11-3-10-22(18)23)21(27)24(20(17)26)15-4-2-5-16(12-15)25(28)29/h2,4-9,12,17-19H,3,10-11H2,1H3/t17-,18+,19+/m1/s1. The zero-order chi connectivity index (χ0) is 20.3. The Morgan fingerprint density at radius 1 is 0.966 bits per heavy atom. The number of amides is 2. The number of hydrazine groups is 1. The van der Waals surface area contributed by atoms with Gasteiger partial charge < -0.3 is 0 Å². The van der Waals surface area contributed by atoms with Crippen LogP contribution in [-0.2, 0) is 9.59 Å². The number of aryl methyl sites for hydroxylation is 1. The molecule has 148 valence electrons. The van der Waals surface area contributed by atoms with Crippen LogP contribution in [0.2, 0.25) is 0 Å². The van der Waals surface area contributed by atoms with Crippen LogP contribution < -0.4 is 4.90 Å². The first-order chi connectivity index (χ1) is 14.0. The van der Waals surface area contributed by atoms with Gasteiger partial charge in [-0.25, -0.2) is 14.9 Å². The number of carbonyl (C=O) groups excluding carboxylic acids is 2. The van der Waals surface area contributed by atoms with Crippen LogP contribution >= 0.6 is 0 Å². The van der Waals surface area contributed by atoms with E-state index >= 15 is 0 Å². The Labute approximate surface area is 167 Å². The normalized spacial score (nSPS) is 26.8. The maximum absolute atomic E-state index is 13.4. The van der Waals surface area contributed by atoms with E-state index in [1.807, 2.05) is 36.2 Å². The average Bonchev–Trinajstić information content (AvgIpc) is 3.35. The zero-order valence-electron chi connectivity index (χ0n) is 15.9. The first-order valence-corrected chi connectivity index (χ1v) is 9.69. The number of nitrogens with zero attached hydrogens (tertiary/aromatic N) is 4. The molecule has 3 atom stereocenters. The Hall–Kier alpha value is -3.10. The van der Waals surface area contributed by atoms with Gasteiger partial charge in [0.15, 0.2) is 0 Å². The summed E-state index contributed by atoms with van der Waals surface area (Å²) < 4.78 is 0. The number of fused-ring (bicyclic) bond motifs is 3. The number of benzene rings is 2. The van der Waals surface area contributed by atoms with Gasteiger partial charge in [0.1, 0.15) is 6.04 Å². The molecule has 8 nitrogen and oxygen atoms in total. The van der Waals surface area contributed by atoms with E-state index in [4.69, 9.17) is 0 Å². The third-order valence-electron chi connectivity index (χ3n) is 6.12. The topological polar surface area (TPSA) is 87.0 Å². The quantitative estimate of drug-likeness (QED) is 0.453. The lowest BCUT2D eigenvalue weighted by molar-refractivity contribution is -0.384. The van der Waals surface area contributed by atoms with Crippen molar-refractivity contribution in [2.45, 2.75) is 25.4 Å². The minimum absolute atomic E-state index is 0.141. The average molecular weight is 392 g/mol. The Balaban J connectivity index is 1.57. The minimum atomic E-state index is -0.560. The number of hydrogen-bond acceptors (Lipinski definition) is 6. The van der Waals surface area contributed by atoms with Gasteiger partial charge in [-0.3, -0.25) is 19.7 Å². The summed E-state index contributed by atoms with van der Waals surface area (Å²) >= 11 is 0. The number of anilines is 1. The molecule has 3 saturated heterocycles. The van der Waals surface area contributed by atoms with Gasteiger partial charge in [0.25, 0.3) is 11.6 Å². The molecule has 0 radical (unpaired) electrons. The maximum atomic E-state index is 13.4. The fourth-order valence-electron chi connectivity index (χ4n) is 4.88. The predicted molar refractivity (Wildman–Crippen MR) is 105 cm³/mol. The highest BCUT2D eigenvalue weighted by atomic mass is 16.6. The van der Waals surface area contributed by atoms with E-state index in [0.717, 1.165) is 35.5 Å². The summed E-state index contributed by atoms with van der Waals surface area (Å²) in [5.41, 5.74) is 2.26. The van der Waals surface area contributed by atoms with Gasteiger partial charge in [-0.05, 0) is 25.0 Å². The molecule has 29 heavy (non-hydrogen) atoms. The Bertz CT molecular complexity index is 1020. The lowest BCUT2D eigenvalue weighted by Crippen LogP contribution is -2.44. The summed E-state index contributed by atoms with van der Waals surface area (Å²) in [6, 6.07) is 13.0. The number of nitro benzene ring substituents is 1. The van der Waals surface area contributed by atoms with E-state index in [2.05, 4.69) is 5.01 Å². The monoisotopic (exact) mass is 392 g/mol. The van der Waals surface area contributed by atoms with Gasteiger partial charge in [0.05, 0.1) is 22.6 Å². The van der Waals surface area contributed by atoms with Crippen LogP contribution in [-0.4, -0.2) is 45.9 Å². The highest BCUT2D eigenvalue weighted by molar-refractivity contribution is 6.24. The van der Waals surface area contributed by atoms with Gasteiger partial charge in [-0.2, -0.15) is 0 Å². The van der Waals surface area contributed by atoms with E-state index in [9.17, 15) is 19.7 Å². The van der Waals surface area contributed by atoms with Crippen molar-refractivity contribution >= 4 is 23.2 Å². The number of nitro groups is 1. The molecule has 3 aliphatic heterocycles. The molecule has 0 saturated carbocycles. The van der Waals surface area contributed by atoms with Crippen LogP contribution in [0, 0.1) is 23.0 Å². The van der Waals surface area contributed by atoms with Crippen LogP contribution in [0.25, 0.3) is 0 Å². The summed E-state index contributed by atoms with van der Waals surface area (Å²) in [6.07, 6.45) is 0.934. The van der Waals surface area contributed by atoms with Gasteiger partial charge in [-0.1, -0.05) is 35.9 Å². The second-order valence-electron chi connectivity index (χ2n) is 7.79. The molecule has 2 aromatic carbocycles. The highest BCUT2D eigenvalue weighted by Gasteiger charge is 2.62. The number of rotatable bonds is 3. The van der Waals surface area contributed by atoms with Crippen LogP contribution in [0.15, 0.2) is 48.5 Å². The van der Waals surface area contributed by atoms with E-state index in [-0.39, 0.29) is 29.2 Å². The fourth-order valence-corrected chi connectivity index (χ4v) is 4.88. The first kappa shape index (κ1) is 18.0. The van der Waals surface area contributed by atoms with Gasteiger partial charge in [0, 0.05) is 25.2 Å². The lowest BCUT2D eigenvalue weighted by Gasteiger charge is -2.29. The summed E-state index contributed by atoms with van der Waals surface area (Å²) in [7, 11) is 0. The van der Waals surface area contributed by atoms with Gasteiger partial charge >= 0.3 is 0 Å². The van der Waals surface area contributed by atoms with Crippen molar-refractivity contribution in [2.24, 2.45) is 5.92 Å². The molecule has 0 aliphatic carbocycles.